The molecule has 0 unspecified atom stereocenters. The lowest BCUT2D eigenvalue weighted by Gasteiger charge is -2.07. The van der Waals surface area contributed by atoms with Gasteiger partial charge in [0.25, 0.3) is 5.56 Å². The maximum atomic E-state index is 12.5. The van der Waals surface area contributed by atoms with Crippen molar-refractivity contribution in [3.8, 4) is 0 Å². The second-order valence-electron chi connectivity index (χ2n) is 5.43. The number of rotatable bonds is 4. The molecule has 3 aromatic rings. The van der Waals surface area contributed by atoms with Crippen LogP contribution in [-0.2, 0) is 22.7 Å². The summed E-state index contributed by atoms with van der Waals surface area (Å²) in [6.45, 7) is 3.88. The Morgan fingerprint density at radius 3 is 2.71 bits per heavy atom. The third-order valence-electron chi connectivity index (χ3n) is 3.77. The normalized spacial score (nSPS) is 11.0. The third kappa shape index (κ3) is 3.42. The van der Waals surface area contributed by atoms with E-state index in [1.807, 2.05) is 38.1 Å². The van der Waals surface area contributed by atoms with Crippen LogP contribution in [0.3, 0.4) is 0 Å². The first-order valence-electron chi connectivity index (χ1n) is 7.31. The monoisotopic (exact) mass is 406 g/mol. The summed E-state index contributed by atoms with van der Waals surface area (Å²) in [6, 6.07) is 7.50. The Kier molecular flexibility index (Phi) is 4.82. The summed E-state index contributed by atoms with van der Waals surface area (Å²) < 4.78 is 7.50. The van der Waals surface area contributed by atoms with Gasteiger partial charge in [-0.05, 0) is 37.1 Å². The van der Waals surface area contributed by atoms with Crippen molar-refractivity contribution in [3.05, 3.63) is 61.4 Å². The number of halogens is 1. The fourth-order valence-electron chi connectivity index (χ4n) is 2.31. The first-order chi connectivity index (χ1) is 11.5. The molecule has 0 N–H and O–H groups in total. The van der Waals surface area contributed by atoms with E-state index in [-0.39, 0.29) is 18.7 Å². The molecule has 5 nitrogen and oxygen atoms in total. The van der Waals surface area contributed by atoms with Crippen molar-refractivity contribution < 1.29 is 9.53 Å². The number of hydrogen-bond acceptors (Lipinski definition) is 5. The molecule has 0 spiro atoms. The zero-order valence-corrected chi connectivity index (χ0v) is 15.6. The lowest BCUT2D eigenvalue weighted by Crippen LogP contribution is -2.25. The molecule has 0 bridgehead atoms. The number of carbonyl (C=O) groups is 1. The van der Waals surface area contributed by atoms with Gasteiger partial charge in [-0.2, -0.15) is 0 Å². The molecule has 124 valence electrons. The summed E-state index contributed by atoms with van der Waals surface area (Å²) in [4.78, 5) is 30.6. The molecule has 1 aromatic carbocycles. The zero-order valence-electron chi connectivity index (χ0n) is 13.2. The van der Waals surface area contributed by atoms with Crippen molar-refractivity contribution in [2.45, 2.75) is 27.0 Å². The number of carbonyl (C=O) groups excluding carboxylic acids is 1. The molecule has 2 aromatic heterocycles. The molecule has 0 atom stereocenters. The Balaban J connectivity index is 1.73. The van der Waals surface area contributed by atoms with Gasteiger partial charge in [0.1, 0.15) is 18.0 Å². The molecule has 0 fully saturated rings. The van der Waals surface area contributed by atoms with Crippen LogP contribution in [0, 0.1) is 13.8 Å². The number of esters is 1. The minimum Gasteiger partial charge on any atom is -0.459 e. The van der Waals surface area contributed by atoms with Crippen LogP contribution in [0.1, 0.15) is 16.0 Å². The summed E-state index contributed by atoms with van der Waals surface area (Å²) in [5.74, 6) is -0.467. The Bertz CT molecular complexity index is 960. The number of benzene rings is 1. The summed E-state index contributed by atoms with van der Waals surface area (Å²) >= 11 is 4.84. The van der Waals surface area contributed by atoms with Gasteiger partial charge in [0, 0.05) is 9.35 Å². The molecule has 0 aliphatic heterocycles. The molecule has 2 heterocycles. The molecule has 24 heavy (non-hydrogen) atoms. The SMILES string of the molecule is Cc1sc2ncn(CC(=O)OCc3ccc(Br)cc3)c(=O)c2c1C. The van der Waals surface area contributed by atoms with Crippen LogP contribution in [0.5, 0.6) is 0 Å². The van der Waals surface area contributed by atoms with Gasteiger partial charge >= 0.3 is 5.97 Å². The van der Waals surface area contributed by atoms with Crippen LogP contribution in [0.15, 0.2) is 39.9 Å². The minimum atomic E-state index is -0.467. The predicted molar refractivity (Wildman–Crippen MR) is 97.3 cm³/mol. The number of ether oxygens (including phenoxy) is 1. The van der Waals surface area contributed by atoms with Crippen LogP contribution in [-0.4, -0.2) is 15.5 Å². The molecular formula is C17H15BrN2O3S. The summed E-state index contributed by atoms with van der Waals surface area (Å²) in [7, 11) is 0. The molecule has 3 rings (SSSR count). The maximum absolute atomic E-state index is 12.5. The van der Waals surface area contributed by atoms with E-state index in [2.05, 4.69) is 20.9 Å². The van der Waals surface area contributed by atoms with E-state index < -0.39 is 5.97 Å². The van der Waals surface area contributed by atoms with Crippen molar-refractivity contribution in [1.82, 2.24) is 9.55 Å². The number of nitrogens with zero attached hydrogens (tertiary/aromatic N) is 2. The fourth-order valence-corrected chi connectivity index (χ4v) is 3.56. The zero-order chi connectivity index (χ0) is 17.3. The highest BCUT2D eigenvalue weighted by molar-refractivity contribution is 9.10. The molecule has 0 amide bonds. The fraction of sp³-hybridized carbons (Fsp3) is 0.235. The van der Waals surface area contributed by atoms with Crippen molar-refractivity contribution in [1.29, 1.82) is 0 Å². The predicted octanol–water partition coefficient (Wildman–Crippen LogP) is 3.58. The highest BCUT2D eigenvalue weighted by Gasteiger charge is 2.14. The Hall–Kier alpha value is -1.99. The number of fused-ring (bicyclic) bond motifs is 1. The Morgan fingerprint density at radius 2 is 2.00 bits per heavy atom. The van der Waals surface area contributed by atoms with E-state index in [1.54, 1.807) is 0 Å². The maximum Gasteiger partial charge on any atom is 0.326 e. The average molecular weight is 407 g/mol. The lowest BCUT2D eigenvalue weighted by atomic mass is 10.2. The molecule has 0 saturated carbocycles. The molecule has 0 aliphatic carbocycles. The lowest BCUT2D eigenvalue weighted by molar-refractivity contribution is -0.145. The quantitative estimate of drug-likeness (QED) is 0.621. The summed E-state index contributed by atoms with van der Waals surface area (Å²) in [5, 5.41) is 0.584. The Labute approximate surface area is 151 Å². The largest absolute Gasteiger partial charge is 0.459 e. The van der Waals surface area contributed by atoms with Crippen LogP contribution >= 0.6 is 27.3 Å². The van der Waals surface area contributed by atoms with Gasteiger partial charge in [-0.3, -0.25) is 14.2 Å². The first kappa shape index (κ1) is 16.9. The number of hydrogen-bond donors (Lipinski definition) is 0. The average Bonchev–Trinajstić information content (AvgIpc) is 2.85. The van der Waals surface area contributed by atoms with E-state index >= 15 is 0 Å². The van der Waals surface area contributed by atoms with Crippen molar-refractivity contribution in [2.75, 3.05) is 0 Å². The van der Waals surface area contributed by atoms with E-state index in [0.29, 0.717) is 10.2 Å². The number of aryl methyl sites for hydroxylation is 2. The summed E-state index contributed by atoms with van der Waals surface area (Å²) in [6.07, 6.45) is 1.40. The summed E-state index contributed by atoms with van der Waals surface area (Å²) in [5.41, 5.74) is 1.60. The van der Waals surface area contributed by atoms with Crippen molar-refractivity contribution >= 4 is 43.5 Å². The highest BCUT2D eigenvalue weighted by Crippen LogP contribution is 2.25. The van der Waals surface area contributed by atoms with Crippen molar-refractivity contribution in [3.63, 3.8) is 0 Å². The minimum absolute atomic E-state index is 0.146. The van der Waals surface area contributed by atoms with Crippen LogP contribution in [0.2, 0.25) is 0 Å². The van der Waals surface area contributed by atoms with Gasteiger partial charge in [0.05, 0.1) is 11.7 Å². The van der Waals surface area contributed by atoms with E-state index in [1.165, 1.54) is 22.2 Å². The molecule has 7 heteroatoms. The molecular weight excluding hydrogens is 392 g/mol. The second kappa shape index (κ2) is 6.86. The van der Waals surface area contributed by atoms with Crippen LogP contribution in [0.4, 0.5) is 0 Å². The highest BCUT2D eigenvalue weighted by atomic mass is 79.9. The Morgan fingerprint density at radius 1 is 1.29 bits per heavy atom. The number of thiophene rings is 1. The van der Waals surface area contributed by atoms with E-state index in [0.717, 1.165) is 20.5 Å². The van der Waals surface area contributed by atoms with Gasteiger partial charge in [0.15, 0.2) is 0 Å². The van der Waals surface area contributed by atoms with E-state index in [4.69, 9.17) is 4.74 Å². The smallest absolute Gasteiger partial charge is 0.326 e. The molecule has 0 saturated heterocycles. The topological polar surface area (TPSA) is 61.2 Å². The molecule has 0 radical (unpaired) electrons. The van der Waals surface area contributed by atoms with Gasteiger partial charge in [-0.25, -0.2) is 4.98 Å². The van der Waals surface area contributed by atoms with E-state index in [9.17, 15) is 9.59 Å². The molecule has 0 aliphatic rings. The second-order valence-corrected chi connectivity index (χ2v) is 7.55. The van der Waals surface area contributed by atoms with Gasteiger partial charge in [0.2, 0.25) is 0 Å². The van der Waals surface area contributed by atoms with Gasteiger partial charge < -0.3 is 4.74 Å². The van der Waals surface area contributed by atoms with Crippen molar-refractivity contribution in [2.24, 2.45) is 0 Å². The van der Waals surface area contributed by atoms with Crippen LogP contribution < -0.4 is 5.56 Å². The van der Waals surface area contributed by atoms with Crippen LogP contribution in [0.25, 0.3) is 10.2 Å². The first-order valence-corrected chi connectivity index (χ1v) is 8.92. The standard InChI is InChI=1S/C17H15BrN2O3S/c1-10-11(2)24-16-15(10)17(22)20(9-19-16)7-14(21)23-8-12-3-5-13(18)6-4-12/h3-6,9H,7-8H2,1-2H3. The van der Waals surface area contributed by atoms with Gasteiger partial charge in [-0.15, -0.1) is 11.3 Å². The number of aromatic nitrogens is 2. The van der Waals surface area contributed by atoms with Gasteiger partial charge in [-0.1, -0.05) is 28.1 Å². The third-order valence-corrected chi connectivity index (χ3v) is 5.41.